The van der Waals surface area contributed by atoms with Gasteiger partial charge in [-0.05, 0) is 32.4 Å². The number of carbonyl (C=O) groups excluding carboxylic acids is 1. The molecule has 1 aromatic rings. The van der Waals surface area contributed by atoms with Gasteiger partial charge >= 0.3 is 5.97 Å². The van der Waals surface area contributed by atoms with Crippen molar-refractivity contribution in [2.45, 2.75) is 32.8 Å². The minimum Gasteiger partial charge on any atom is -0.478 e. The van der Waals surface area contributed by atoms with Crippen LogP contribution in [0.5, 0.6) is 0 Å². The first-order valence-corrected chi connectivity index (χ1v) is 6.04. The van der Waals surface area contributed by atoms with E-state index in [0.717, 1.165) is 5.56 Å². The summed E-state index contributed by atoms with van der Waals surface area (Å²) in [5, 5.41) is 11.8. The van der Waals surface area contributed by atoms with Gasteiger partial charge in [-0.1, -0.05) is 18.6 Å². The molecule has 1 amide bonds. The number of hydrogen-bond acceptors (Lipinski definition) is 3. The van der Waals surface area contributed by atoms with Gasteiger partial charge in [-0.15, -0.1) is 0 Å². The van der Waals surface area contributed by atoms with Gasteiger partial charge in [-0.2, -0.15) is 0 Å². The number of nitrogens with one attached hydrogen (secondary N) is 1. The standard InChI is InChI=1S/C14H19NO4/c1-5-14(3,19-4)13(18)15-11-7-6-9(2)8-10(11)12(16)17/h6-8H,5H2,1-4H3,(H,15,18)(H,16,17). The van der Waals surface area contributed by atoms with Crippen LogP contribution in [0, 0.1) is 6.92 Å². The third kappa shape index (κ3) is 3.32. The van der Waals surface area contributed by atoms with E-state index in [9.17, 15) is 9.59 Å². The molecule has 1 unspecified atom stereocenters. The van der Waals surface area contributed by atoms with Crippen LogP contribution in [0.15, 0.2) is 18.2 Å². The van der Waals surface area contributed by atoms with Crippen molar-refractivity contribution in [3.05, 3.63) is 29.3 Å². The SMILES string of the molecule is CCC(C)(OC)C(=O)Nc1ccc(C)cc1C(=O)O. The van der Waals surface area contributed by atoms with E-state index in [1.54, 1.807) is 26.0 Å². The highest BCUT2D eigenvalue weighted by molar-refractivity contribution is 6.03. The van der Waals surface area contributed by atoms with Gasteiger partial charge in [0.15, 0.2) is 0 Å². The fourth-order valence-corrected chi connectivity index (χ4v) is 1.60. The molecule has 1 aromatic carbocycles. The van der Waals surface area contributed by atoms with E-state index in [2.05, 4.69) is 5.32 Å². The summed E-state index contributed by atoms with van der Waals surface area (Å²) in [6.07, 6.45) is 0.490. The Kier molecular flexibility index (Phi) is 4.67. The van der Waals surface area contributed by atoms with Gasteiger partial charge in [0.1, 0.15) is 5.60 Å². The van der Waals surface area contributed by atoms with Crippen molar-refractivity contribution in [2.75, 3.05) is 12.4 Å². The Hall–Kier alpha value is -1.88. The molecular formula is C14H19NO4. The van der Waals surface area contributed by atoms with Crippen LogP contribution >= 0.6 is 0 Å². The average Bonchev–Trinajstić information content (AvgIpc) is 2.39. The summed E-state index contributed by atoms with van der Waals surface area (Å²) >= 11 is 0. The second kappa shape index (κ2) is 5.84. The lowest BCUT2D eigenvalue weighted by Crippen LogP contribution is -2.41. The molecule has 5 nitrogen and oxygen atoms in total. The van der Waals surface area contributed by atoms with Crippen LogP contribution in [0.25, 0.3) is 0 Å². The quantitative estimate of drug-likeness (QED) is 0.857. The summed E-state index contributed by atoms with van der Waals surface area (Å²) in [5.41, 5.74) is 0.198. The number of aryl methyl sites for hydroxylation is 1. The second-order valence-corrected chi connectivity index (χ2v) is 4.60. The van der Waals surface area contributed by atoms with E-state index in [1.165, 1.54) is 13.2 Å². The Morgan fingerprint density at radius 2 is 2.05 bits per heavy atom. The second-order valence-electron chi connectivity index (χ2n) is 4.60. The molecule has 104 valence electrons. The highest BCUT2D eigenvalue weighted by Gasteiger charge is 2.31. The lowest BCUT2D eigenvalue weighted by molar-refractivity contribution is -0.136. The molecule has 0 radical (unpaired) electrons. The Labute approximate surface area is 112 Å². The summed E-state index contributed by atoms with van der Waals surface area (Å²) in [6.45, 7) is 5.29. The van der Waals surface area contributed by atoms with Crippen molar-refractivity contribution >= 4 is 17.6 Å². The third-order valence-corrected chi connectivity index (χ3v) is 3.26. The van der Waals surface area contributed by atoms with Crippen LogP contribution in [0.1, 0.15) is 36.2 Å². The molecule has 5 heteroatoms. The molecule has 0 saturated heterocycles. The van der Waals surface area contributed by atoms with Crippen LogP contribution in [-0.4, -0.2) is 29.7 Å². The van der Waals surface area contributed by atoms with Crippen molar-refractivity contribution in [2.24, 2.45) is 0 Å². The Morgan fingerprint density at radius 3 is 2.53 bits per heavy atom. The minimum atomic E-state index is -1.07. The van der Waals surface area contributed by atoms with E-state index in [-0.39, 0.29) is 17.2 Å². The number of hydrogen-bond donors (Lipinski definition) is 2. The summed E-state index contributed by atoms with van der Waals surface area (Å²) in [7, 11) is 1.45. The molecule has 0 aliphatic heterocycles. The first-order valence-electron chi connectivity index (χ1n) is 6.04. The predicted molar refractivity (Wildman–Crippen MR) is 72.5 cm³/mol. The van der Waals surface area contributed by atoms with Crippen LogP contribution < -0.4 is 5.32 Å². The van der Waals surface area contributed by atoms with Gasteiger partial charge in [0.25, 0.3) is 5.91 Å². The molecule has 0 aliphatic rings. The number of amides is 1. The first-order chi connectivity index (χ1) is 8.84. The number of benzene rings is 1. The molecule has 0 spiro atoms. The van der Waals surface area contributed by atoms with Crippen LogP contribution in [-0.2, 0) is 9.53 Å². The molecule has 0 heterocycles. The van der Waals surface area contributed by atoms with Crippen molar-refractivity contribution in [3.8, 4) is 0 Å². The molecule has 0 aliphatic carbocycles. The van der Waals surface area contributed by atoms with Crippen LogP contribution in [0.3, 0.4) is 0 Å². The fourth-order valence-electron chi connectivity index (χ4n) is 1.60. The van der Waals surface area contributed by atoms with Crippen LogP contribution in [0.4, 0.5) is 5.69 Å². The average molecular weight is 265 g/mol. The van der Waals surface area contributed by atoms with Gasteiger partial charge in [-0.3, -0.25) is 4.79 Å². The Morgan fingerprint density at radius 1 is 1.42 bits per heavy atom. The number of anilines is 1. The first kappa shape index (κ1) is 15.2. The molecule has 19 heavy (non-hydrogen) atoms. The topological polar surface area (TPSA) is 75.6 Å². The van der Waals surface area contributed by atoms with Gasteiger partial charge in [0, 0.05) is 7.11 Å². The summed E-state index contributed by atoms with van der Waals surface area (Å²) in [6, 6.07) is 4.86. The van der Waals surface area contributed by atoms with Gasteiger partial charge in [-0.25, -0.2) is 4.79 Å². The van der Waals surface area contributed by atoms with E-state index in [0.29, 0.717) is 6.42 Å². The number of carboxylic acids is 1. The minimum absolute atomic E-state index is 0.0721. The number of rotatable bonds is 5. The maximum Gasteiger partial charge on any atom is 0.337 e. The molecule has 0 fully saturated rings. The van der Waals surface area contributed by atoms with Crippen molar-refractivity contribution in [1.82, 2.24) is 0 Å². The zero-order chi connectivity index (χ0) is 14.6. The highest BCUT2D eigenvalue weighted by atomic mass is 16.5. The smallest absolute Gasteiger partial charge is 0.337 e. The van der Waals surface area contributed by atoms with Gasteiger partial charge in [0.05, 0.1) is 11.3 Å². The maximum atomic E-state index is 12.1. The molecule has 1 atom stereocenters. The Balaban J connectivity index is 3.06. The molecule has 0 bridgehead atoms. The van der Waals surface area contributed by atoms with E-state index < -0.39 is 11.6 Å². The zero-order valence-electron chi connectivity index (χ0n) is 11.6. The van der Waals surface area contributed by atoms with Crippen LogP contribution in [0.2, 0.25) is 0 Å². The van der Waals surface area contributed by atoms with Crippen molar-refractivity contribution in [1.29, 1.82) is 0 Å². The van der Waals surface area contributed by atoms with E-state index in [4.69, 9.17) is 9.84 Å². The maximum absolute atomic E-state index is 12.1. The number of carbonyl (C=O) groups is 2. The summed E-state index contributed by atoms with van der Waals surface area (Å²) in [4.78, 5) is 23.3. The van der Waals surface area contributed by atoms with Gasteiger partial charge < -0.3 is 15.2 Å². The molecule has 2 N–H and O–H groups in total. The fraction of sp³-hybridized carbons (Fsp3) is 0.429. The molecule has 0 aromatic heterocycles. The highest BCUT2D eigenvalue weighted by Crippen LogP contribution is 2.21. The summed E-state index contributed by atoms with van der Waals surface area (Å²) in [5.74, 6) is -1.43. The third-order valence-electron chi connectivity index (χ3n) is 3.26. The molecular weight excluding hydrogens is 246 g/mol. The largest absolute Gasteiger partial charge is 0.478 e. The van der Waals surface area contributed by atoms with Crippen molar-refractivity contribution < 1.29 is 19.4 Å². The lowest BCUT2D eigenvalue weighted by atomic mass is 10.0. The molecule has 1 rings (SSSR count). The lowest BCUT2D eigenvalue weighted by Gasteiger charge is -2.25. The Bertz CT molecular complexity index is 492. The number of ether oxygens (including phenoxy) is 1. The number of aromatic carboxylic acids is 1. The normalized spacial score (nSPS) is 13.7. The van der Waals surface area contributed by atoms with Gasteiger partial charge in [0.2, 0.25) is 0 Å². The predicted octanol–water partition coefficient (Wildman–Crippen LogP) is 2.45. The monoisotopic (exact) mass is 265 g/mol. The number of methoxy groups -OCH3 is 1. The summed E-state index contributed by atoms with van der Waals surface area (Å²) < 4.78 is 5.19. The zero-order valence-corrected chi connectivity index (χ0v) is 11.6. The van der Waals surface area contributed by atoms with E-state index >= 15 is 0 Å². The number of carboxylic acid groups (broad SMARTS) is 1. The molecule has 0 saturated carbocycles. The van der Waals surface area contributed by atoms with Crippen molar-refractivity contribution in [3.63, 3.8) is 0 Å². The van der Waals surface area contributed by atoms with E-state index in [1.807, 2.05) is 6.92 Å².